The molecule has 1 heterocycles. The Kier molecular flexibility index (Phi) is 4.92. The minimum atomic E-state index is -1.04. The van der Waals surface area contributed by atoms with Crippen molar-refractivity contribution in [1.29, 1.82) is 0 Å². The maximum absolute atomic E-state index is 12.3. The SMILES string of the molecule is C[C@H](OC(=O)c1n[nH]c2ccccc12)C(=O)Nc1cccc(Cl)c1Cl. The summed E-state index contributed by atoms with van der Waals surface area (Å²) in [6.45, 7) is 1.46. The highest BCUT2D eigenvalue weighted by atomic mass is 35.5. The number of nitrogens with zero attached hydrogens (tertiary/aromatic N) is 1. The second kappa shape index (κ2) is 7.13. The molecule has 6 nitrogen and oxygen atoms in total. The van der Waals surface area contributed by atoms with Gasteiger partial charge in [0.1, 0.15) is 0 Å². The fraction of sp³-hybridized carbons (Fsp3) is 0.118. The van der Waals surface area contributed by atoms with E-state index in [4.69, 9.17) is 27.9 Å². The Morgan fingerprint density at radius 1 is 1.16 bits per heavy atom. The summed E-state index contributed by atoms with van der Waals surface area (Å²) >= 11 is 11.9. The number of fused-ring (bicyclic) bond motifs is 1. The number of para-hydroxylation sites is 1. The Morgan fingerprint density at radius 3 is 2.72 bits per heavy atom. The van der Waals surface area contributed by atoms with Gasteiger partial charge in [0.15, 0.2) is 11.8 Å². The number of carbonyl (C=O) groups excluding carboxylic acids is 2. The van der Waals surface area contributed by atoms with E-state index in [1.54, 1.807) is 36.4 Å². The zero-order chi connectivity index (χ0) is 18.0. The molecule has 1 aromatic heterocycles. The molecule has 0 saturated carbocycles. The monoisotopic (exact) mass is 377 g/mol. The van der Waals surface area contributed by atoms with Gasteiger partial charge < -0.3 is 10.1 Å². The number of ether oxygens (including phenoxy) is 1. The zero-order valence-corrected chi connectivity index (χ0v) is 14.6. The van der Waals surface area contributed by atoms with Gasteiger partial charge in [-0.3, -0.25) is 9.89 Å². The number of hydrogen-bond donors (Lipinski definition) is 2. The molecule has 2 aromatic carbocycles. The van der Waals surface area contributed by atoms with Crippen LogP contribution in [0.1, 0.15) is 17.4 Å². The standard InChI is InChI=1S/C17H13Cl2N3O3/c1-9(16(23)20-13-8-4-6-11(18)14(13)19)25-17(24)15-10-5-2-3-7-12(10)21-22-15/h2-9H,1H3,(H,20,23)(H,21,22)/t9-/m0/s1. The van der Waals surface area contributed by atoms with Crippen molar-refractivity contribution in [3.05, 3.63) is 58.2 Å². The minimum absolute atomic E-state index is 0.121. The minimum Gasteiger partial charge on any atom is -0.448 e. The van der Waals surface area contributed by atoms with Crippen LogP contribution in [-0.4, -0.2) is 28.2 Å². The number of halogens is 2. The molecule has 0 bridgehead atoms. The van der Waals surface area contributed by atoms with Crippen LogP contribution in [0.4, 0.5) is 5.69 Å². The predicted octanol–water partition coefficient (Wildman–Crippen LogP) is 4.05. The van der Waals surface area contributed by atoms with Crippen LogP contribution in [0.25, 0.3) is 10.9 Å². The maximum atomic E-state index is 12.3. The number of benzene rings is 2. The van der Waals surface area contributed by atoms with Gasteiger partial charge in [-0.15, -0.1) is 0 Å². The number of carbonyl (C=O) groups is 2. The van der Waals surface area contributed by atoms with E-state index in [9.17, 15) is 9.59 Å². The van der Waals surface area contributed by atoms with Gasteiger partial charge in [-0.1, -0.05) is 47.5 Å². The summed E-state index contributed by atoms with van der Waals surface area (Å²) in [5, 5.41) is 10.4. The van der Waals surface area contributed by atoms with E-state index in [0.717, 1.165) is 0 Å². The van der Waals surface area contributed by atoms with Crippen molar-refractivity contribution in [3.63, 3.8) is 0 Å². The van der Waals surface area contributed by atoms with Crippen molar-refractivity contribution >= 4 is 51.7 Å². The lowest BCUT2D eigenvalue weighted by molar-refractivity contribution is -0.123. The van der Waals surface area contributed by atoms with Gasteiger partial charge >= 0.3 is 5.97 Å². The van der Waals surface area contributed by atoms with Crippen LogP contribution in [0.2, 0.25) is 10.0 Å². The van der Waals surface area contributed by atoms with Gasteiger partial charge in [-0.05, 0) is 25.1 Å². The van der Waals surface area contributed by atoms with Gasteiger partial charge in [-0.25, -0.2) is 4.79 Å². The van der Waals surface area contributed by atoms with Crippen molar-refractivity contribution in [1.82, 2.24) is 10.2 Å². The van der Waals surface area contributed by atoms with Crippen molar-refractivity contribution in [2.75, 3.05) is 5.32 Å². The molecule has 25 heavy (non-hydrogen) atoms. The number of nitrogens with one attached hydrogen (secondary N) is 2. The summed E-state index contributed by atoms with van der Waals surface area (Å²) in [6.07, 6.45) is -1.04. The van der Waals surface area contributed by atoms with Gasteiger partial charge in [0.25, 0.3) is 5.91 Å². The van der Waals surface area contributed by atoms with Crippen LogP contribution in [0.3, 0.4) is 0 Å². The van der Waals surface area contributed by atoms with E-state index in [1.807, 2.05) is 6.07 Å². The zero-order valence-electron chi connectivity index (χ0n) is 13.0. The number of rotatable bonds is 4. The first-order valence-corrected chi connectivity index (χ1v) is 8.12. The molecule has 0 aliphatic rings. The Bertz CT molecular complexity index is 955. The van der Waals surface area contributed by atoms with Crippen molar-refractivity contribution in [2.24, 2.45) is 0 Å². The number of anilines is 1. The largest absolute Gasteiger partial charge is 0.448 e. The Balaban J connectivity index is 1.71. The third-order valence-corrected chi connectivity index (χ3v) is 4.35. The smallest absolute Gasteiger partial charge is 0.360 e. The van der Waals surface area contributed by atoms with Crippen molar-refractivity contribution in [3.8, 4) is 0 Å². The Labute approximate surface area is 153 Å². The van der Waals surface area contributed by atoms with Crippen LogP contribution in [0, 0.1) is 0 Å². The molecule has 0 radical (unpaired) electrons. The lowest BCUT2D eigenvalue weighted by Gasteiger charge is -2.14. The van der Waals surface area contributed by atoms with Crippen LogP contribution in [-0.2, 0) is 9.53 Å². The lowest BCUT2D eigenvalue weighted by Crippen LogP contribution is -2.30. The molecule has 0 fully saturated rings. The van der Waals surface area contributed by atoms with E-state index in [0.29, 0.717) is 21.6 Å². The van der Waals surface area contributed by atoms with Crippen molar-refractivity contribution in [2.45, 2.75) is 13.0 Å². The van der Waals surface area contributed by atoms with Crippen molar-refractivity contribution < 1.29 is 14.3 Å². The van der Waals surface area contributed by atoms with E-state index < -0.39 is 18.0 Å². The lowest BCUT2D eigenvalue weighted by atomic mass is 10.2. The van der Waals surface area contributed by atoms with Crippen LogP contribution < -0.4 is 5.32 Å². The molecule has 0 aliphatic heterocycles. The van der Waals surface area contributed by atoms with Crippen LogP contribution in [0.5, 0.6) is 0 Å². The quantitative estimate of drug-likeness (QED) is 0.671. The van der Waals surface area contributed by atoms with Gasteiger partial charge in [-0.2, -0.15) is 5.10 Å². The molecule has 0 spiro atoms. The number of H-pyrrole nitrogens is 1. The molecule has 0 aliphatic carbocycles. The Morgan fingerprint density at radius 2 is 1.92 bits per heavy atom. The first-order valence-electron chi connectivity index (χ1n) is 7.36. The van der Waals surface area contributed by atoms with Gasteiger partial charge in [0.2, 0.25) is 0 Å². The molecule has 0 unspecified atom stereocenters. The topological polar surface area (TPSA) is 84.1 Å². The molecule has 1 atom stereocenters. The maximum Gasteiger partial charge on any atom is 0.360 e. The summed E-state index contributed by atoms with van der Waals surface area (Å²) in [6, 6.07) is 12.0. The molecular formula is C17H13Cl2N3O3. The molecule has 128 valence electrons. The first kappa shape index (κ1) is 17.3. The first-order chi connectivity index (χ1) is 12.0. The number of esters is 1. The summed E-state index contributed by atoms with van der Waals surface area (Å²) in [5.41, 5.74) is 1.17. The number of aromatic nitrogens is 2. The number of aromatic amines is 1. The van der Waals surface area contributed by atoms with Crippen LogP contribution >= 0.6 is 23.2 Å². The Hall–Kier alpha value is -2.57. The highest BCUT2D eigenvalue weighted by Crippen LogP contribution is 2.29. The number of hydrogen-bond acceptors (Lipinski definition) is 4. The van der Waals surface area contributed by atoms with Gasteiger partial charge in [0.05, 0.1) is 21.2 Å². The molecular weight excluding hydrogens is 365 g/mol. The highest BCUT2D eigenvalue weighted by Gasteiger charge is 2.23. The molecule has 3 aromatic rings. The van der Waals surface area contributed by atoms with Crippen LogP contribution in [0.15, 0.2) is 42.5 Å². The predicted molar refractivity (Wildman–Crippen MR) is 96.1 cm³/mol. The average Bonchev–Trinajstić information content (AvgIpc) is 3.03. The fourth-order valence-corrected chi connectivity index (χ4v) is 2.57. The molecule has 3 rings (SSSR count). The second-order valence-corrected chi connectivity index (χ2v) is 6.04. The van der Waals surface area contributed by atoms with Gasteiger partial charge in [0, 0.05) is 5.39 Å². The summed E-state index contributed by atoms with van der Waals surface area (Å²) < 4.78 is 5.20. The molecule has 0 saturated heterocycles. The van der Waals surface area contributed by atoms with E-state index in [1.165, 1.54) is 6.92 Å². The third kappa shape index (κ3) is 3.60. The normalized spacial score (nSPS) is 12.0. The summed E-state index contributed by atoms with van der Waals surface area (Å²) in [7, 11) is 0. The highest BCUT2D eigenvalue weighted by molar-refractivity contribution is 6.44. The average molecular weight is 378 g/mol. The van der Waals surface area contributed by atoms with E-state index in [2.05, 4.69) is 15.5 Å². The summed E-state index contributed by atoms with van der Waals surface area (Å²) in [4.78, 5) is 24.5. The van der Waals surface area contributed by atoms with E-state index >= 15 is 0 Å². The fourth-order valence-electron chi connectivity index (χ4n) is 2.22. The summed E-state index contributed by atoms with van der Waals surface area (Å²) in [5.74, 6) is -1.23. The second-order valence-electron chi connectivity index (χ2n) is 5.26. The molecule has 1 amide bonds. The molecule has 2 N–H and O–H groups in total. The van der Waals surface area contributed by atoms with E-state index in [-0.39, 0.29) is 10.7 Å². The third-order valence-electron chi connectivity index (χ3n) is 3.53. The molecule has 8 heteroatoms. The number of amides is 1.